The normalized spacial score (nSPS) is 17.1. The number of benzene rings is 2. The number of para-hydroxylation sites is 1. The van der Waals surface area contributed by atoms with Crippen molar-refractivity contribution in [3.8, 4) is 5.75 Å². The Morgan fingerprint density at radius 2 is 2.08 bits per heavy atom. The highest BCUT2D eigenvalue weighted by atomic mass is 35.5. The van der Waals surface area contributed by atoms with Gasteiger partial charge in [-0.2, -0.15) is 0 Å². The largest absolute Gasteiger partial charge is 0.482 e. The lowest BCUT2D eigenvalue weighted by Crippen LogP contribution is -2.36. The second-order valence-electron chi connectivity index (χ2n) is 5.59. The Bertz CT molecular complexity index is 754. The van der Waals surface area contributed by atoms with Crippen LogP contribution in [0.25, 0.3) is 0 Å². The average molecular weight is 382 g/mol. The van der Waals surface area contributed by atoms with Crippen molar-refractivity contribution in [1.82, 2.24) is 0 Å². The molecule has 0 unspecified atom stereocenters. The number of amides is 1. The Kier molecular flexibility index (Phi) is 5.59. The van der Waals surface area contributed by atoms with Crippen LogP contribution in [-0.2, 0) is 4.79 Å². The van der Waals surface area contributed by atoms with Crippen molar-refractivity contribution in [1.29, 1.82) is 0 Å². The third-order valence-electron chi connectivity index (χ3n) is 3.79. The van der Waals surface area contributed by atoms with E-state index in [2.05, 4.69) is 13.0 Å². The van der Waals surface area contributed by atoms with E-state index in [1.807, 2.05) is 18.2 Å². The zero-order chi connectivity index (χ0) is 17.1. The molecule has 0 aliphatic carbocycles. The Morgan fingerprint density at radius 1 is 1.29 bits per heavy atom. The van der Waals surface area contributed by atoms with Gasteiger partial charge in [-0.3, -0.25) is 4.79 Å². The van der Waals surface area contributed by atoms with Gasteiger partial charge in [-0.05, 0) is 36.8 Å². The molecule has 1 amide bonds. The predicted molar refractivity (Wildman–Crippen MR) is 101 cm³/mol. The molecule has 1 heterocycles. The highest BCUT2D eigenvalue weighted by Gasteiger charge is 2.24. The topological polar surface area (TPSA) is 29.5 Å². The fourth-order valence-electron chi connectivity index (χ4n) is 2.56. The molecular weight excluding hydrogens is 365 g/mol. The summed E-state index contributed by atoms with van der Waals surface area (Å²) < 4.78 is 5.60. The van der Waals surface area contributed by atoms with Crippen molar-refractivity contribution in [3.05, 3.63) is 52.5 Å². The fraction of sp³-hybridized carbons (Fsp3) is 0.278. The Morgan fingerprint density at radius 3 is 2.88 bits per heavy atom. The maximum atomic E-state index is 12.7. The molecule has 126 valence electrons. The predicted octanol–water partition coefficient (Wildman–Crippen LogP) is 5.29. The fourth-order valence-corrected chi connectivity index (χ4v) is 4.13. The van der Waals surface area contributed by atoms with Crippen molar-refractivity contribution in [2.45, 2.75) is 23.5 Å². The molecule has 3 rings (SSSR count). The molecule has 3 nitrogen and oxygen atoms in total. The molecule has 6 heteroatoms. The molecule has 0 radical (unpaired) electrons. The molecule has 1 aliphatic heterocycles. The van der Waals surface area contributed by atoms with Gasteiger partial charge in [0.05, 0.1) is 10.7 Å². The molecule has 0 N–H and O–H groups in total. The molecule has 2 aromatic carbocycles. The lowest BCUT2D eigenvalue weighted by molar-refractivity contribution is -0.120. The van der Waals surface area contributed by atoms with Gasteiger partial charge in [-0.15, -0.1) is 11.8 Å². The van der Waals surface area contributed by atoms with Gasteiger partial charge < -0.3 is 9.64 Å². The van der Waals surface area contributed by atoms with Crippen molar-refractivity contribution in [2.24, 2.45) is 0 Å². The van der Waals surface area contributed by atoms with Gasteiger partial charge in [-0.25, -0.2) is 0 Å². The minimum absolute atomic E-state index is 0.0608. The standard InChI is InChI=1S/C18H17Cl2NO2S/c1-12-8-9-21(15-4-2-3-5-17(15)24-12)18(22)11-23-16-7-6-13(19)10-14(16)20/h2-7,10,12H,8-9,11H2,1H3/t12-/m0/s1. The zero-order valence-corrected chi connectivity index (χ0v) is 15.5. The van der Waals surface area contributed by atoms with E-state index >= 15 is 0 Å². The molecule has 1 atom stereocenters. The summed E-state index contributed by atoms with van der Waals surface area (Å²) >= 11 is 13.8. The van der Waals surface area contributed by atoms with E-state index in [0.29, 0.717) is 27.6 Å². The first-order valence-electron chi connectivity index (χ1n) is 7.68. The molecule has 1 aliphatic rings. The van der Waals surface area contributed by atoms with E-state index in [1.54, 1.807) is 34.9 Å². The van der Waals surface area contributed by atoms with Crippen molar-refractivity contribution < 1.29 is 9.53 Å². The summed E-state index contributed by atoms with van der Waals surface area (Å²) in [6.45, 7) is 2.80. The SMILES string of the molecule is C[C@H]1CCN(C(=O)COc2ccc(Cl)cc2Cl)c2ccccc2S1. The number of hydrogen-bond donors (Lipinski definition) is 0. The van der Waals surface area contributed by atoms with Crippen LogP contribution in [0.2, 0.25) is 10.0 Å². The number of carbonyl (C=O) groups is 1. The Hall–Kier alpha value is -1.36. The van der Waals surface area contributed by atoms with E-state index in [0.717, 1.165) is 17.0 Å². The molecule has 0 fully saturated rings. The van der Waals surface area contributed by atoms with E-state index in [1.165, 1.54) is 0 Å². The van der Waals surface area contributed by atoms with Gasteiger partial charge in [0.1, 0.15) is 5.75 Å². The van der Waals surface area contributed by atoms with Crippen LogP contribution >= 0.6 is 35.0 Å². The molecule has 0 bridgehead atoms. The second-order valence-corrected chi connectivity index (χ2v) is 7.92. The van der Waals surface area contributed by atoms with Crippen molar-refractivity contribution in [3.63, 3.8) is 0 Å². The summed E-state index contributed by atoms with van der Waals surface area (Å²) in [7, 11) is 0. The number of fused-ring (bicyclic) bond motifs is 1. The number of rotatable bonds is 3. The van der Waals surface area contributed by atoms with Crippen LogP contribution in [0, 0.1) is 0 Å². The van der Waals surface area contributed by atoms with Crippen LogP contribution in [0.3, 0.4) is 0 Å². The summed E-state index contributed by atoms with van der Waals surface area (Å²) in [5.74, 6) is 0.378. The van der Waals surface area contributed by atoms with Crippen LogP contribution < -0.4 is 9.64 Å². The zero-order valence-electron chi connectivity index (χ0n) is 13.2. The first-order chi connectivity index (χ1) is 11.5. The smallest absolute Gasteiger partial charge is 0.264 e. The van der Waals surface area contributed by atoms with Gasteiger partial charge in [0.15, 0.2) is 6.61 Å². The summed E-state index contributed by atoms with van der Waals surface area (Å²) in [6, 6.07) is 12.9. The number of halogens is 2. The third-order valence-corrected chi connectivity index (χ3v) is 5.56. The van der Waals surface area contributed by atoms with Crippen LogP contribution in [0.1, 0.15) is 13.3 Å². The maximum Gasteiger partial charge on any atom is 0.264 e. The highest BCUT2D eigenvalue weighted by molar-refractivity contribution is 8.00. The molecule has 2 aromatic rings. The minimum Gasteiger partial charge on any atom is -0.482 e. The van der Waals surface area contributed by atoms with Gasteiger partial charge in [0.2, 0.25) is 0 Å². The second kappa shape index (κ2) is 7.68. The van der Waals surface area contributed by atoms with Crippen LogP contribution in [0.4, 0.5) is 5.69 Å². The minimum atomic E-state index is -0.0804. The Balaban J connectivity index is 1.75. The summed E-state index contributed by atoms with van der Waals surface area (Å²) in [5.41, 5.74) is 0.947. The van der Waals surface area contributed by atoms with Gasteiger partial charge in [-0.1, -0.05) is 42.3 Å². The van der Waals surface area contributed by atoms with E-state index in [-0.39, 0.29) is 12.5 Å². The molecule has 24 heavy (non-hydrogen) atoms. The summed E-state index contributed by atoms with van der Waals surface area (Å²) in [6.07, 6.45) is 0.937. The van der Waals surface area contributed by atoms with Crippen molar-refractivity contribution >= 4 is 46.6 Å². The maximum absolute atomic E-state index is 12.7. The number of anilines is 1. The number of hydrogen-bond acceptors (Lipinski definition) is 3. The molecule has 0 aromatic heterocycles. The van der Waals surface area contributed by atoms with Crippen LogP contribution in [0.5, 0.6) is 5.75 Å². The first-order valence-corrected chi connectivity index (χ1v) is 9.32. The van der Waals surface area contributed by atoms with E-state index in [9.17, 15) is 4.79 Å². The third kappa shape index (κ3) is 4.00. The molecular formula is C18H17Cl2NO2S. The number of ether oxygens (including phenoxy) is 1. The molecule has 0 saturated heterocycles. The van der Waals surface area contributed by atoms with Gasteiger partial charge in [0.25, 0.3) is 5.91 Å². The monoisotopic (exact) mass is 381 g/mol. The van der Waals surface area contributed by atoms with Crippen LogP contribution in [0.15, 0.2) is 47.4 Å². The lowest BCUT2D eigenvalue weighted by Gasteiger charge is -2.22. The number of carbonyl (C=O) groups excluding carboxylic acids is 1. The first kappa shape index (κ1) is 17.5. The number of nitrogens with zero attached hydrogens (tertiary/aromatic N) is 1. The van der Waals surface area contributed by atoms with Crippen LogP contribution in [-0.4, -0.2) is 24.3 Å². The van der Waals surface area contributed by atoms with E-state index < -0.39 is 0 Å². The van der Waals surface area contributed by atoms with Crippen molar-refractivity contribution in [2.75, 3.05) is 18.1 Å². The van der Waals surface area contributed by atoms with Gasteiger partial charge >= 0.3 is 0 Å². The summed E-state index contributed by atoms with van der Waals surface area (Å²) in [5, 5.41) is 1.40. The highest BCUT2D eigenvalue weighted by Crippen LogP contribution is 2.37. The Labute approximate surface area is 155 Å². The quantitative estimate of drug-likeness (QED) is 0.723. The lowest BCUT2D eigenvalue weighted by atomic mass is 10.2. The molecule has 0 saturated carbocycles. The number of thioether (sulfide) groups is 1. The summed E-state index contributed by atoms with van der Waals surface area (Å²) in [4.78, 5) is 15.6. The van der Waals surface area contributed by atoms with Gasteiger partial charge in [0, 0.05) is 21.7 Å². The molecule has 0 spiro atoms. The average Bonchev–Trinajstić information content (AvgIpc) is 2.72. The van der Waals surface area contributed by atoms with E-state index in [4.69, 9.17) is 27.9 Å².